The SMILES string of the molecule is [2H]c1c([2H])c([2H])c(-c2cccc3c2c2c([2H])c([2H])c([2H])c([2H])c2n3-c2nc(-c3ccccc3)nc(-c3ccccc3-c3ccccc3)n2)c([2H])c1[2H]. The van der Waals surface area contributed by atoms with Gasteiger partial charge in [0.1, 0.15) is 0 Å². The molecule has 0 aliphatic carbocycles. The molecule has 0 amide bonds. The Labute approximate surface area is 262 Å². The topological polar surface area (TPSA) is 43.6 Å². The normalized spacial score (nSPS) is 14.2. The van der Waals surface area contributed by atoms with Gasteiger partial charge in [0.05, 0.1) is 23.4 Å². The molecule has 0 radical (unpaired) electrons. The summed E-state index contributed by atoms with van der Waals surface area (Å²) >= 11 is 0. The largest absolute Gasteiger partial charge is 0.278 e. The van der Waals surface area contributed by atoms with Crippen molar-refractivity contribution in [1.82, 2.24) is 19.5 Å². The summed E-state index contributed by atoms with van der Waals surface area (Å²) in [7, 11) is 0. The minimum absolute atomic E-state index is 0.0633. The third-order valence-electron chi connectivity index (χ3n) is 7.30. The van der Waals surface area contributed by atoms with Crippen LogP contribution in [0.15, 0.2) is 158 Å². The maximum Gasteiger partial charge on any atom is 0.238 e. The molecule has 4 heteroatoms. The first-order valence-corrected chi connectivity index (χ1v) is 13.7. The summed E-state index contributed by atoms with van der Waals surface area (Å²) in [6.45, 7) is 0. The Balaban J connectivity index is 1.53. The average molecular weight is 560 g/mol. The van der Waals surface area contributed by atoms with Crippen LogP contribution in [0, 0.1) is 0 Å². The first kappa shape index (κ1) is 17.2. The van der Waals surface area contributed by atoms with Crippen molar-refractivity contribution in [3.05, 3.63) is 158 Å². The third kappa shape index (κ3) is 4.37. The van der Waals surface area contributed by atoms with Crippen molar-refractivity contribution in [3.63, 3.8) is 0 Å². The molecule has 202 valence electrons. The molecule has 0 N–H and O–H groups in total. The molecule has 8 aromatic rings. The van der Waals surface area contributed by atoms with Crippen molar-refractivity contribution in [1.29, 1.82) is 0 Å². The Bertz CT molecular complexity index is 2700. The molecule has 6 aromatic carbocycles. The van der Waals surface area contributed by atoms with Gasteiger partial charge < -0.3 is 0 Å². The van der Waals surface area contributed by atoms with E-state index in [0.29, 0.717) is 28.3 Å². The molecule has 0 aliphatic heterocycles. The van der Waals surface area contributed by atoms with E-state index in [2.05, 4.69) is 0 Å². The summed E-state index contributed by atoms with van der Waals surface area (Å²) in [5.74, 6) is 0.706. The smallest absolute Gasteiger partial charge is 0.238 e. The third-order valence-corrected chi connectivity index (χ3v) is 7.30. The summed E-state index contributed by atoms with van der Waals surface area (Å²) in [4.78, 5) is 14.8. The van der Waals surface area contributed by atoms with E-state index in [1.54, 1.807) is 22.8 Å². The molecule has 0 atom stereocenters. The van der Waals surface area contributed by atoms with E-state index in [9.17, 15) is 0 Å². The predicted octanol–water partition coefficient (Wildman–Crippen LogP) is 9.64. The van der Waals surface area contributed by atoms with Gasteiger partial charge in [-0.3, -0.25) is 4.57 Å². The van der Waals surface area contributed by atoms with E-state index in [1.165, 1.54) is 0 Å². The highest BCUT2D eigenvalue weighted by molar-refractivity contribution is 6.15. The van der Waals surface area contributed by atoms with Crippen molar-refractivity contribution >= 4 is 21.8 Å². The van der Waals surface area contributed by atoms with Gasteiger partial charge in [0, 0.05) is 21.9 Å². The average Bonchev–Trinajstić information content (AvgIpc) is 3.54. The van der Waals surface area contributed by atoms with Gasteiger partial charge >= 0.3 is 0 Å². The lowest BCUT2D eigenvalue weighted by molar-refractivity contribution is 0.953. The fourth-order valence-corrected chi connectivity index (χ4v) is 5.41. The van der Waals surface area contributed by atoms with Crippen LogP contribution in [0.25, 0.3) is 72.8 Å². The predicted molar refractivity (Wildman–Crippen MR) is 176 cm³/mol. The summed E-state index contributed by atoms with van der Waals surface area (Å²) in [6.07, 6.45) is 0. The highest BCUT2D eigenvalue weighted by Gasteiger charge is 2.20. The van der Waals surface area contributed by atoms with Crippen LogP contribution in [0.3, 0.4) is 0 Å². The summed E-state index contributed by atoms with van der Waals surface area (Å²) in [6, 6.07) is 27.6. The second-order valence-electron chi connectivity index (χ2n) is 9.82. The number of aromatic nitrogens is 4. The minimum atomic E-state index is -0.544. The maximum absolute atomic E-state index is 9.14. The van der Waals surface area contributed by atoms with Crippen LogP contribution in [0.5, 0.6) is 0 Å². The molecular formula is C39H26N4. The fraction of sp³-hybridized carbons (Fsp3) is 0. The Morgan fingerprint density at radius 1 is 0.442 bits per heavy atom. The van der Waals surface area contributed by atoms with E-state index in [0.717, 1.165) is 11.1 Å². The lowest BCUT2D eigenvalue weighted by Crippen LogP contribution is -2.06. The first-order valence-electron chi connectivity index (χ1n) is 18.2. The van der Waals surface area contributed by atoms with Crippen LogP contribution in [-0.2, 0) is 0 Å². The van der Waals surface area contributed by atoms with Crippen LogP contribution >= 0.6 is 0 Å². The van der Waals surface area contributed by atoms with Crippen molar-refractivity contribution in [2.75, 3.05) is 0 Å². The number of nitrogens with zero attached hydrogens (tertiary/aromatic N) is 4. The second-order valence-corrected chi connectivity index (χ2v) is 9.82. The Hall–Kier alpha value is -5.87. The van der Waals surface area contributed by atoms with Gasteiger partial charge in [-0.25, -0.2) is 4.98 Å². The molecule has 8 rings (SSSR count). The molecule has 43 heavy (non-hydrogen) atoms. The van der Waals surface area contributed by atoms with Crippen LogP contribution in [-0.4, -0.2) is 19.5 Å². The Kier molecular flexibility index (Phi) is 4.20. The fourth-order valence-electron chi connectivity index (χ4n) is 5.41. The second kappa shape index (κ2) is 10.5. The van der Waals surface area contributed by atoms with Gasteiger partial charge in [-0.15, -0.1) is 0 Å². The van der Waals surface area contributed by atoms with Gasteiger partial charge in [0.25, 0.3) is 0 Å². The van der Waals surface area contributed by atoms with Gasteiger partial charge in [0.15, 0.2) is 11.6 Å². The van der Waals surface area contributed by atoms with Gasteiger partial charge in [0.2, 0.25) is 5.95 Å². The molecule has 2 aromatic heterocycles. The molecule has 4 nitrogen and oxygen atoms in total. The molecule has 0 saturated carbocycles. The maximum atomic E-state index is 9.14. The Morgan fingerprint density at radius 2 is 1.07 bits per heavy atom. The van der Waals surface area contributed by atoms with Crippen molar-refractivity contribution in [2.45, 2.75) is 0 Å². The number of fused-ring (bicyclic) bond motifs is 3. The van der Waals surface area contributed by atoms with E-state index in [4.69, 9.17) is 27.3 Å². The summed E-state index contributed by atoms with van der Waals surface area (Å²) in [5.41, 5.74) is 3.72. The number of rotatable bonds is 5. The number of benzene rings is 6. The van der Waals surface area contributed by atoms with Gasteiger partial charge in [-0.2, -0.15) is 9.97 Å². The molecule has 0 unspecified atom stereocenters. The monoisotopic (exact) mass is 559 g/mol. The zero-order valence-electron chi connectivity index (χ0n) is 31.6. The molecular weight excluding hydrogens is 524 g/mol. The van der Waals surface area contributed by atoms with E-state index in [-0.39, 0.29) is 45.4 Å². The molecule has 2 heterocycles. The van der Waals surface area contributed by atoms with Crippen molar-refractivity contribution in [3.8, 4) is 51.0 Å². The highest BCUT2D eigenvalue weighted by atomic mass is 15.2. The standard InChI is InChI=1S/C39H26N4/c1-4-15-27(16-5-1)30-21-10-11-22-32(30)38-40-37(29-19-8-3-9-20-29)41-39(42-38)43-34-25-13-12-23-33(34)36-31(24-14-26-35(36)43)28-17-6-2-7-18-28/h1-26H/i2D,6D,7D,12D,13D,17D,18D,23D,25D. The first-order chi connectivity index (χ1) is 25.1. The molecule has 0 bridgehead atoms. The van der Waals surface area contributed by atoms with Crippen LogP contribution in [0.1, 0.15) is 12.3 Å². The van der Waals surface area contributed by atoms with E-state index in [1.807, 2.05) is 84.9 Å². The lowest BCUT2D eigenvalue weighted by atomic mass is 9.99. The zero-order chi connectivity index (χ0) is 36.4. The van der Waals surface area contributed by atoms with Crippen LogP contribution in [0.4, 0.5) is 0 Å². The van der Waals surface area contributed by atoms with Crippen LogP contribution < -0.4 is 0 Å². The lowest BCUT2D eigenvalue weighted by Gasteiger charge is -2.13. The summed E-state index contributed by atoms with van der Waals surface area (Å²) in [5, 5.41) is 0.354. The number of hydrogen-bond acceptors (Lipinski definition) is 3. The van der Waals surface area contributed by atoms with Crippen LogP contribution in [0.2, 0.25) is 0 Å². The van der Waals surface area contributed by atoms with E-state index >= 15 is 0 Å². The molecule has 0 fully saturated rings. The van der Waals surface area contributed by atoms with Crippen molar-refractivity contribution < 1.29 is 12.3 Å². The highest BCUT2D eigenvalue weighted by Crippen LogP contribution is 2.38. The van der Waals surface area contributed by atoms with E-state index < -0.39 is 42.3 Å². The van der Waals surface area contributed by atoms with Gasteiger partial charge in [-0.1, -0.05) is 145 Å². The number of hydrogen-bond donors (Lipinski definition) is 0. The molecule has 0 spiro atoms. The van der Waals surface area contributed by atoms with Crippen molar-refractivity contribution in [2.24, 2.45) is 0 Å². The molecule has 0 aliphatic rings. The minimum Gasteiger partial charge on any atom is -0.278 e. The number of para-hydroxylation sites is 1. The molecule has 0 saturated heterocycles. The Morgan fingerprint density at radius 3 is 1.86 bits per heavy atom. The summed E-state index contributed by atoms with van der Waals surface area (Å²) < 4.78 is 79.5. The quantitative estimate of drug-likeness (QED) is 0.211. The van der Waals surface area contributed by atoms with Gasteiger partial charge in [-0.05, 0) is 34.4 Å². The zero-order valence-corrected chi connectivity index (χ0v) is 22.6.